The zero-order valence-corrected chi connectivity index (χ0v) is 16.6. The minimum Gasteiger partial charge on any atom is -0.455 e. The van der Waals surface area contributed by atoms with Crippen LogP contribution in [0.2, 0.25) is 0 Å². The molecular formula is C23H19FN2O5. The van der Waals surface area contributed by atoms with Gasteiger partial charge in [-0.3, -0.25) is 9.59 Å². The molecule has 7 nitrogen and oxygen atoms in total. The average molecular weight is 422 g/mol. The summed E-state index contributed by atoms with van der Waals surface area (Å²) in [5, 5.41) is 5.72. The van der Waals surface area contributed by atoms with Gasteiger partial charge in [0.2, 0.25) is 12.7 Å². The number of anilines is 2. The minimum absolute atomic E-state index is 0.0632. The lowest BCUT2D eigenvalue weighted by molar-refractivity contribution is -0.114. The van der Waals surface area contributed by atoms with Gasteiger partial charge in [-0.25, -0.2) is 4.39 Å². The molecule has 1 aliphatic heterocycles. The zero-order valence-electron chi connectivity index (χ0n) is 16.6. The molecule has 2 N–H and O–H groups in total. The van der Waals surface area contributed by atoms with Gasteiger partial charge in [0.1, 0.15) is 11.6 Å². The highest BCUT2D eigenvalue weighted by molar-refractivity contribution is 6.05. The van der Waals surface area contributed by atoms with E-state index in [4.69, 9.17) is 14.2 Å². The largest absolute Gasteiger partial charge is 0.455 e. The van der Waals surface area contributed by atoms with Gasteiger partial charge in [0.25, 0.3) is 0 Å². The maximum Gasteiger partial charge on any atom is 0.243 e. The molecule has 0 saturated heterocycles. The summed E-state index contributed by atoms with van der Waals surface area (Å²) >= 11 is 0. The van der Waals surface area contributed by atoms with Crippen molar-refractivity contribution in [1.29, 1.82) is 0 Å². The number of fused-ring (bicyclic) bond motifs is 1. The molecule has 0 atom stereocenters. The third-order valence-electron chi connectivity index (χ3n) is 4.52. The van der Waals surface area contributed by atoms with Crippen molar-refractivity contribution in [3.05, 3.63) is 72.0 Å². The fraction of sp³-hybridized carbons (Fsp3) is 0.130. The highest BCUT2D eigenvalue weighted by Crippen LogP contribution is 2.37. The van der Waals surface area contributed by atoms with E-state index in [1.54, 1.807) is 48.5 Å². The lowest BCUT2D eigenvalue weighted by atomic mass is 10.1. The molecule has 0 saturated carbocycles. The Hall–Kier alpha value is -4.07. The first-order valence-corrected chi connectivity index (χ1v) is 9.50. The van der Waals surface area contributed by atoms with Crippen molar-refractivity contribution in [2.45, 2.75) is 6.92 Å². The normalized spacial score (nSPS) is 11.7. The highest BCUT2D eigenvalue weighted by atomic mass is 19.1. The number of ether oxygens (including phenoxy) is 3. The van der Waals surface area contributed by atoms with Crippen molar-refractivity contribution in [3.63, 3.8) is 0 Å². The first-order chi connectivity index (χ1) is 15.0. The predicted molar refractivity (Wildman–Crippen MR) is 113 cm³/mol. The van der Waals surface area contributed by atoms with Crippen LogP contribution in [0.4, 0.5) is 15.8 Å². The number of Topliss-reactive ketones (excluding diaryl/α,β-unsaturated/α-hetero) is 1. The average Bonchev–Trinajstić information content (AvgIpc) is 3.20. The summed E-state index contributed by atoms with van der Waals surface area (Å²) in [5.74, 6) is 0.704. The van der Waals surface area contributed by atoms with Gasteiger partial charge in [0, 0.05) is 17.7 Å². The molecule has 31 heavy (non-hydrogen) atoms. The fourth-order valence-electron chi connectivity index (χ4n) is 3.07. The van der Waals surface area contributed by atoms with Crippen molar-refractivity contribution < 1.29 is 28.2 Å². The molecular weight excluding hydrogens is 403 g/mol. The van der Waals surface area contributed by atoms with Crippen molar-refractivity contribution in [2.24, 2.45) is 0 Å². The van der Waals surface area contributed by atoms with Gasteiger partial charge in [0.15, 0.2) is 23.0 Å². The van der Waals surface area contributed by atoms with Gasteiger partial charge < -0.3 is 24.8 Å². The van der Waals surface area contributed by atoms with Gasteiger partial charge >= 0.3 is 0 Å². The van der Waals surface area contributed by atoms with E-state index in [9.17, 15) is 14.0 Å². The monoisotopic (exact) mass is 422 g/mol. The Morgan fingerprint density at radius 2 is 1.77 bits per heavy atom. The molecule has 0 aliphatic carbocycles. The van der Waals surface area contributed by atoms with Crippen LogP contribution < -0.4 is 24.8 Å². The Balaban J connectivity index is 1.45. The third-order valence-corrected chi connectivity index (χ3v) is 4.52. The molecule has 0 radical (unpaired) electrons. The molecule has 3 aromatic carbocycles. The molecule has 0 fully saturated rings. The molecule has 0 spiro atoms. The van der Waals surface area contributed by atoms with Crippen molar-refractivity contribution >= 4 is 23.1 Å². The molecule has 1 heterocycles. The number of benzene rings is 3. The van der Waals surface area contributed by atoms with Crippen molar-refractivity contribution in [1.82, 2.24) is 0 Å². The Labute approximate surface area is 177 Å². The molecule has 4 rings (SSSR count). The van der Waals surface area contributed by atoms with E-state index in [-0.39, 0.29) is 25.0 Å². The number of nitrogens with one attached hydrogen (secondary N) is 2. The van der Waals surface area contributed by atoms with Gasteiger partial charge in [-0.05, 0) is 37.3 Å². The predicted octanol–water partition coefficient (Wildman–Crippen LogP) is 4.60. The standard InChI is InChI=1S/C23H19FN2O5/c1-14(27)17-10-21-22(30-13-29-21)11-19(17)26-23(28)12-25-18-7-2-3-8-20(18)31-16-6-4-5-15(24)9-16/h2-11,25H,12-13H2,1H3,(H,26,28). The van der Waals surface area contributed by atoms with Crippen LogP contribution in [0.25, 0.3) is 0 Å². The first kappa shape index (κ1) is 20.2. The number of para-hydroxylation sites is 2. The molecule has 0 aromatic heterocycles. The van der Waals surface area contributed by atoms with Crippen LogP contribution in [-0.4, -0.2) is 25.0 Å². The van der Waals surface area contributed by atoms with Gasteiger partial charge in [0.05, 0.1) is 17.9 Å². The molecule has 0 unspecified atom stereocenters. The summed E-state index contributed by atoms with van der Waals surface area (Å²) in [7, 11) is 0. The Bertz CT molecular complexity index is 1150. The SMILES string of the molecule is CC(=O)c1cc2c(cc1NC(=O)CNc1ccccc1Oc1cccc(F)c1)OCO2. The van der Waals surface area contributed by atoms with E-state index in [0.717, 1.165) is 0 Å². The van der Waals surface area contributed by atoms with Crippen LogP contribution in [0.3, 0.4) is 0 Å². The summed E-state index contributed by atoms with van der Waals surface area (Å²) in [4.78, 5) is 24.5. The first-order valence-electron chi connectivity index (χ1n) is 9.50. The summed E-state index contributed by atoms with van der Waals surface area (Å²) in [6.07, 6.45) is 0. The number of carbonyl (C=O) groups excluding carboxylic acids is 2. The molecule has 3 aromatic rings. The van der Waals surface area contributed by atoms with E-state index in [2.05, 4.69) is 10.6 Å². The number of hydrogen-bond acceptors (Lipinski definition) is 6. The zero-order chi connectivity index (χ0) is 21.8. The highest BCUT2D eigenvalue weighted by Gasteiger charge is 2.20. The van der Waals surface area contributed by atoms with Crippen LogP contribution in [0.1, 0.15) is 17.3 Å². The number of ketones is 1. The third kappa shape index (κ3) is 4.75. The molecule has 8 heteroatoms. The number of halogens is 1. The summed E-state index contributed by atoms with van der Waals surface area (Å²) in [5.41, 5.74) is 1.22. The van der Waals surface area contributed by atoms with E-state index in [1.165, 1.54) is 19.1 Å². The number of amides is 1. The van der Waals surface area contributed by atoms with Crippen molar-refractivity contribution in [3.8, 4) is 23.0 Å². The Morgan fingerprint density at radius 3 is 2.55 bits per heavy atom. The number of hydrogen-bond donors (Lipinski definition) is 2. The quantitative estimate of drug-likeness (QED) is 0.542. The second-order valence-electron chi connectivity index (χ2n) is 6.76. The van der Waals surface area contributed by atoms with E-state index >= 15 is 0 Å². The Morgan fingerprint density at radius 1 is 1.00 bits per heavy atom. The lowest BCUT2D eigenvalue weighted by Crippen LogP contribution is -2.23. The minimum atomic E-state index is -0.410. The molecule has 158 valence electrons. The number of rotatable bonds is 7. The smallest absolute Gasteiger partial charge is 0.243 e. The van der Waals surface area contributed by atoms with Crippen LogP contribution in [0, 0.1) is 5.82 Å². The Kier molecular flexibility index (Phi) is 5.70. The summed E-state index contributed by atoms with van der Waals surface area (Å²) in [6.45, 7) is 1.38. The van der Waals surface area contributed by atoms with Crippen LogP contribution in [0.5, 0.6) is 23.0 Å². The second kappa shape index (κ2) is 8.74. The molecule has 0 bridgehead atoms. The van der Waals surface area contributed by atoms with Gasteiger partial charge in [-0.2, -0.15) is 0 Å². The van der Waals surface area contributed by atoms with Gasteiger partial charge in [-0.15, -0.1) is 0 Å². The van der Waals surface area contributed by atoms with E-state index in [0.29, 0.717) is 39.9 Å². The molecule has 1 amide bonds. The fourth-order valence-corrected chi connectivity index (χ4v) is 3.07. The second-order valence-corrected chi connectivity index (χ2v) is 6.76. The topological polar surface area (TPSA) is 85.9 Å². The maximum absolute atomic E-state index is 13.4. The van der Waals surface area contributed by atoms with Crippen LogP contribution in [0.15, 0.2) is 60.7 Å². The van der Waals surface area contributed by atoms with Gasteiger partial charge in [-0.1, -0.05) is 18.2 Å². The lowest BCUT2D eigenvalue weighted by Gasteiger charge is -2.14. The maximum atomic E-state index is 13.4. The molecule has 1 aliphatic rings. The van der Waals surface area contributed by atoms with Crippen LogP contribution >= 0.6 is 0 Å². The summed E-state index contributed by atoms with van der Waals surface area (Å²) in [6, 6.07) is 15.9. The summed E-state index contributed by atoms with van der Waals surface area (Å²) < 4.78 is 29.8. The van der Waals surface area contributed by atoms with E-state index < -0.39 is 5.82 Å². The van der Waals surface area contributed by atoms with Crippen LogP contribution in [-0.2, 0) is 4.79 Å². The van der Waals surface area contributed by atoms with E-state index in [1.807, 2.05) is 0 Å². The number of carbonyl (C=O) groups is 2. The van der Waals surface area contributed by atoms with Crippen molar-refractivity contribution in [2.75, 3.05) is 24.0 Å².